The van der Waals surface area contributed by atoms with E-state index in [4.69, 9.17) is 4.74 Å². The van der Waals surface area contributed by atoms with Gasteiger partial charge >= 0.3 is 0 Å². The van der Waals surface area contributed by atoms with Crippen LogP contribution < -0.4 is 4.74 Å². The smallest absolute Gasteiger partial charge is 0.147 e. The second kappa shape index (κ2) is 4.53. The third-order valence-corrected chi connectivity index (χ3v) is 2.80. The summed E-state index contributed by atoms with van der Waals surface area (Å²) in [5, 5.41) is 0.863. The molecule has 0 aliphatic carbocycles. The molecule has 0 fully saturated rings. The molecule has 0 bridgehead atoms. The van der Waals surface area contributed by atoms with Crippen molar-refractivity contribution in [2.75, 3.05) is 0 Å². The van der Waals surface area contributed by atoms with Crippen LogP contribution >= 0.6 is 0 Å². The zero-order valence-electron chi connectivity index (χ0n) is 9.69. The second-order valence-corrected chi connectivity index (χ2v) is 4.10. The number of nitrogens with one attached hydrogen (secondary N) is 1. The maximum Gasteiger partial charge on any atom is 0.147 e. The first-order valence-corrected chi connectivity index (χ1v) is 5.77. The number of rotatable bonds is 3. The minimum Gasteiger partial charge on any atom is -0.487 e. The highest BCUT2D eigenvalue weighted by atomic mass is 19.1. The number of aromatic nitrogens is 1. The first-order valence-electron chi connectivity index (χ1n) is 5.77. The van der Waals surface area contributed by atoms with E-state index in [1.54, 1.807) is 6.07 Å². The lowest BCUT2D eigenvalue weighted by atomic mass is 10.2. The van der Waals surface area contributed by atoms with Crippen molar-refractivity contribution < 1.29 is 9.13 Å². The van der Waals surface area contributed by atoms with Crippen molar-refractivity contribution >= 4 is 10.9 Å². The fraction of sp³-hybridized carbons (Fsp3) is 0.0667. The van der Waals surface area contributed by atoms with E-state index in [9.17, 15) is 4.39 Å². The van der Waals surface area contributed by atoms with Crippen LogP contribution in [0.2, 0.25) is 0 Å². The molecule has 90 valence electrons. The molecule has 1 aromatic heterocycles. The molecule has 0 atom stereocenters. The van der Waals surface area contributed by atoms with E-state index >= 15 is 0 Å². The number of fused-ring (bicyclic) bond motifs is 1. The number of ether oxygens (including phenoxy) is 1. The summed E-state index contributed by atoms with van der Waals surface area (Å²) in [6, 6.07) is 16.5. The summed E-state index contributed by atoms with van der Waals surface area (Å²) < 4.78 is 19.1. The average Bonchev–Trinajstić information content (AvgIpc) is 2.82. The summed E-state index contributed by atoms with van der Waals surface area (Å²) in [6.07, 6.45) is 0. The second-order valence-electron chi connectivity index (χ2n) is 4.10. The lowest BCUT2D eigenvalue weighted by molar-refractivity contribution is 0.302. The molecule has 0 aliphatic heterocycles. The zero-order chi connectivity index (χ0) is 12.4. The summed E-state index contributed by atoms with van der Waals surface area (Å²) in [4.78, 5) is 3.03. The van der Waals surface area contributed by atoms with Gasteiger partial charge in [-0.3, -0.25) is 0 Å². The summed E-state index contributed by atoms with van der Waals surface area (Å²) >= 11 is 0. The summed E-state index contributed by atoms with van der Waals surface area (Å²) in [6.45, 7) is 0.401. The third-order valence-electron chi connectivity index (χ3n) is 2.80. The Kier molecular flexibility index (Phi) is 2.73. The Bertz CT molecular complexity index is 661. The van der Waals surface area contributed by atoms with E-state index in [1.807, 2.05) is 42.5 Å². The highest BCUT2D eigenvalue weighted by Crippen LogP contribution is 2.19. The van der Waals surface area contributed by atoms with Crippen molar-refractivity contribution in [1.82, 2.24) is 4.98 Å². The fourth-order valence-corrected chi connectivity index (χ4v) is 1.93. The number of halogens is 1. The molecule has 1 heterocycles. The Morgan fingerprint density at radius 3 is 2.61 bits per heavy atom. The Hall–Kier alpha value is -2.29. The van der Waals surface area contributed by atoms with Crippen LogP contribution in [-0.4, -0.2) is 4.98 Å². The number of hydrogen-bond donors (Lipinski definition) is 1. The van der Waals surface area contributed by atoms with E-state index in [0.717, 1.165) is 16.8 Å². The highest BCUT2D eigenvalue weighted by molar-refractivity contribution is 5.80. The molecule has 0 radical (unpaired) electrons. The largest absolute Gasteiger partial charge is 0.487 e. The van der Waals surface area contributed by atoms with Crippen LogP contribution in [0.3, 0.4) is 0 Å². The Labute approximate surface area is 104 Å². The van der Waals surface area contributed by atoms with E-state index in [1.165, 1.54) is 6.07 Å². The quantitative estimate of drug-likeness (QED) is 0.739. The van der Waals surface area contributed by atoms with Crippen molar-refractivity contribution in [1.29, 1.82) is 0 Å². The number of para-hydroxylation sites is 2. The van der Waals surface area contributed by atoms with E-state index in [2.05, 4.69) is 4.98 Å². The van der Waals surface area contributed by atoms with Gasteiger partial charge in [-0.05, 0) is 24.3 Å². The molecule has 0 spiro atoms. The molecule has 2 aromatic carbocycles. The first kappa shape index (κ1) is 10.8. The molecule has 2 nitrogen and oxygen atoms in total. The standard InChI is InChI=1S/C15H12FNO/c16-14-8-4-5-11-9-12(17-15(11)14)10-18-13-6-2-1-3-7-13/h1-9,17H,10H2. The minimum atomic E-state index is -0.238. The molecule has 0 aliphatic rings. The Balaban J connectivity index is 1.81. The molecule has 3 aromatic rings. The molecule has 0 saturated carbocycles. The van der Waals surface area contributed by atoms with Gasteiger partial charge in [0.15, 0.2) is 0 Å². The average molecular weight is 241 g/mol. The van der Waals surface area contributed by atoms with Gasteiger partial charge in [-0.2, -0.15) is 0 Å². The summed E-state index contributed by atoms with van der Waals surface area (Å²) in [7, 11) is 0. The molecule has 3 rings (SSSR count). The molecule has 18 heavy (non-hydrogen) atoms. The van der Waals surface area contributed by atoms with Crippen LogP contribution in [0, 0.1) is 5.82 Å². The predicted octanol–water partition coefficient (Wildman–Crippen LogP) is 3.89. The number of benzene rings is 2. The van der Waals surface area contributed by atoms with Crippen molar-refractivity contribution in [3.05, 3.63) is 66.1 Å². The van der Waals surface area contributed by atoms with Gasteiger partial charge in [0.1, 0.15) is 18.2 Å². The number of hydrogen-bond acceptors (Lipinski definition) is 1. The summed E-state index contributed by atoms with van der Waals surface area (Å²) in [5.41, 5.74) is 1.39. The van der Waals surface area contributed by atoms with Gasteiger partial charge in [-0.15, -0.1) is 0 Å². The maximum absolute atomic E-state index is 13.5. The monoisotopic (exact) mass is 241 g/mol. The maximum atomic E-state index is 13.5. The zero-order valence-corrected chi connectivity index (χ0v) is 9.69. The van der Waals surface area contributed by atoms with Gasteiger partial charge in [-0.25, -0.2) is 4.39 Å². The van der Waals surface area contributed by atoms with Gasteiger partial charge < -0.3 is 9.72 Å². The van der Waals surface area contributed by atoms with E-state index < -0.39 is 0 Å². The van der Waals surface area contributed by atoms with Crippen LogP contribution in [0.15, 0.2) is 54.6 Å². The molecule has 0 saturated heterocycles. The van der Waals surface area contributed by atoms with Crippen LogP contribution in [0.1, 0.15) is 5.69 Å². The first-order chi connectivity index (χ1) is 8.83. The molecular weight excluding hydrogens is 229 g/mol. The lowest BCUT2D eigenvalue weighted by Gasteiger charge is -2.03. The highest BCUT2D eigenvalue weighted by Gasteiger charge is 2.05. The SMILES string of the molecule is Fc1cccc2cc(COc3ccccc3)[nH]c12. The van der Waals surface area contributed by atoms with Crippen molar-refractivity contribution in [3.63, 3.8) is 0 Å². The van der Waals surface area contributed by atoms with Crippen molar-refractivity contribution in [2.24, 2.45) is 0 Å². The lowest BCUT2D eigenvalue weighted by Crippen LogP contribution is -1.94. The molecule has 0 unspecified atom stereocenters. The number of H-pyrrole nitrogens is 1. The fourth-order valence-electron chi connectivity index (χ4n) is 1.93. The van der Waals surface area contributed by atoms with Crippen LogP contribution in [0.25, 0.3) is 10.9 Å². The van der Waals surface area contributed by atoms with Crippen molar-refractivity contribution in [3.8, 4) is 5.75 Å². The van der Waals surface area contributed by atoms with Crippen LogP contribution in [-0.2, 0) is 6.61 Å². The van der Waals surface area contributed by atoms with Gasteiger partial charge in [0.05, 0.1) is 11.2 Å². The predicted molar refractivity (Wildman–Crippen MR) is 69.0 cm³/mol. The molecule has 0 amide bonds. The van der Waals surface area contributed by atoms with Gasteiger partial charge in [0.25, 0.3) is 0 Å². The number of aromatic amines is 1. The topological polar surface area (TPSA) is 25.0 Å². The Morgan fingerprint density at radius 2 is 1.83 bits per heavy atom. The molecule has 1 N–H and O–H groups in total. The van der Waals surface area contributed by atoms with Crippen LogP contribution in [0.4, 0.5) is 4.39 Å². The molecule has 3 heteroatoms. The third kappa shape index (κ3) is 2.07. The van der Waals surface area contributed by atoms with Gasteiger partial charge in [-0.1, -0.05) is 30.3 Å². The van der Waals surface area contributed by atoms with Crippen LogP contribution in [0.5, 0.6) is 5.75 Å². The Morgan fingerprint density at radius 1 is 1.00 bits per heavy atom. The normalized spacial score (nSPS) is 10.7. The van der Waals surface area contributed by atoms with Gasteiger partial charge in [0.2, 0.25) is 0 Å². The van der Waals surface area contributed by atoms with E-state index in [-0.39, 0.29) is 5.82 Å². The van der Waals surface area contributed by atoms with E-state index in [0.29, 0.717) is 12.1 Å². The molecular formula is C15H12FNO. The summed E-state index contributed by atoms with van der Waals surface area (Å²) in [5.74, 6) is 0.565. The van der Waals surface area contributed by atoms with Crippen molar-refractivity contribution in [2.45, 2.75) is 6.61 Å². The van der Waals surface area contributed by atoms with Gasteiger partial charge in [0, 0.05) is 5.39 Å². The minimum absolute atomic E-state index is 0.238.